The number of alkyl carbamates (subject to hydrolysis) is 1. The average Bonchev–Trinajstić information content (AvgIpc) is 3.61. The number of amides is 3. The van der Waals surface area contributed by atoms with Crippen molar-refractivity contribution < 1.29 is 33.7 Å². The number of rotatable bonds is 9. The zero-order valence-electron chi connectivity index (χ0n) is 22.4. The van der Waals surface area contributed by atoms with Gasteiger partial charge in [0.05, 0.1) is 21.9 Å². The van der Waals surface area contributed by atoms with Gasteiger partial charge in [0.25, 0.3) is 17.3 Å². The van der Waals surface area contributed by atoms with Crippen LogP contribution in [0.15, 0.2) is 60.7 Å². The Kier molecular flexibility index (Phi) is 9.62. The molecule has 0 bridgehead atoms. The summed E-state index contributed by atoms with van der Waals surface area (Å²) in [5.41, 5.74) is 1.23. The molecular formula is C27H29N5O9S. The Morgan fingerprint density at radius 3 is 2.02 bits per heavy atom. The maximum Gasteiger partial charge on any atom is 0.410 e. The minimum Gasteiger partial charge on any atom is -0.445 e. The summed E-state index contributed by atoms with van der Waals surface area (Å²) in [5, 5.41) is 24.1. The normalized spacial score (nSPS) is 19.7. The first kappa shape index (κ1) is 30.3. The van der Waals surface area contributed by atoms with Crippen molar-refractivity contribution in [2.75, 3.05) is 19.6 Å². The van der Waals surface area contributed by atoms with Gasteiger partial charge in [-0.25, -0.2) is 9.59 Å². The summed E-state index contributed by atoms with van der Waals surface area (Å²) in [5.74, 6) is -0.348. The minimum absolute atomic E-state index is 0.0646. The molecule has 2 aromatic carbocycles. The first-order valence-electron chi connectivity index (χ1n) is 13.0. The van der Waals surface area contributed by atoms with Gasteiger partial charge < -0.3 is 19.7 Å². The quantitative estimate of drug-likeness (QED) is 0.189. The number of carbonyl (C=O) groups is 3. The lowest BCUT2D eigenvalue weighted by molar-refractivity contribution is -0.385. The zero-order valence-corrected chi connectivity index (χ0v) is 23.3. The Morgan fingerprint density at radius 2 is 1.48 bits per heavy atom. The van der Waals surface area contributed by atoms with E-state index in [-0.39, 0.29) is 60.5 Å². The Bertz CT molecular complexity index is 1370. The number of thiol groups is 1. The number of hydrogen-bond donors (Lipinski definition) is 2. The molecule has 2 aliphatic rings. The van der Waals surface area contributed by atoms with Gasteiger partial charge in [0.2, 0.25) is 0 Å². The van der Waals surface area contributed by atoms with Crippen molar-refractivity contribution in [1.29, 1.82) is 0 Å². The number of ether oxygens (including phenoxy) is 2. The summed E-state index contributed by atoms with van der Waals surface area (Å²) in [6.45, 7) is 4.65. The van der Waals surface area contributed by atoms with Gasteiger partial charge in [0.1, 0.15) is 13.2 Å². The zero-order chi connectivity index (χ0) is 30.4. The maximum absolute atomic E-state index is 13.3. The van der Waals surface area contributed by atoms with Crippen molar-refractivity contribution in [3.8, 4) is 0 Å². The monoisotopic (exact) mass is 599 g/mol. The van der Waals surface area contributed by atoms with Crippen LogP contribution in [0.3, 0.4) is 0 Å². The van der Waals surface area contributed by atoms with Crippen LogP contribution in [0.4, 0.5) is 21.0 Å². The van der Waals surface area contributed by atoms with E-state index < -0.39 is 28.1 Å². The van der Waals surface area contributed by atoms with E-state index in [1.54, 1.807) is 4.90 Å². The molecule has 14 nitrogen and oxygen atoms in total. The molecule has 0 aromatic heterocycles. The lowest BCUT2D eigenvalue weighted by atomic mass is 10.1. The summed E-state index contributed by atoms with van der Waals surface area (Å²) in [4.78, 5) is 61.9. The van der Waals surface area contributed by atoms with Crippen molar-refractivity contribution in [2.24, 2.45) is 0 Å². The van der Waals surface area contributed by atoms with E-state index in [1.807, 2.05) is 0 Å². The lowest BCUT2D eigenvalue weighted by Crippen LogP contribution is -2.43. The van der Waals surface area contributed by atoms with Gasteiger partial charge in [0, 0.05) is 54.7 Å². The van der Waals surface area contributed by atoms with Crippen LogP contribution in [0.25, 0.3) is 0 Å². The van der Waals surface area contributed by atoms with E-state index in [2.05, 4.69) is 24.5 Å². The largest absolute Gasteiger partial charge is 0.445 e. The van der Waals surface area contributed by atoms with Crippen LogP contribution in [0.2, 0.25) is 0 Å². The van der Waals surface area contributed by atoms with Crippen molar-refractivity contribution in [2.45, 2.75) is 43.4 Å². The van der Waals surface area contributed by atoms with Gasteiger partial charge in [-0.3, -0.25) is 29.9 Å². The highest BCUT2D eigenvalue weighted by atomic mass is 32.1. The molecule has 42 heavy (non-hydrogen) atoms. The number of nitrogens with one attached hydrogen (secondary N) is 1. The van der Waals surface area contributed by atoms with Gasteiger partial charge in [0.15, 0.2) is 0 Å². The first-order chi connectivity index (χ1) is 20.0. The third kappa shape index (κ3) is 7.54. The number of likely N-dealkylation sites (tertiary alicyclic amines) is 2. The average molecular weight is 600 g/mol. The summed E-state index contributed by atoms with van der Waals surface area (Å²) in [7, 11) is 0. The first-order valence-corrected chi connectivity index (χ1v) is 13.5. The molecule has 0 spiro atoms. The number of nitro benzene ring substituents is 2. The molecule has 0 saturated carbocycles. The predicted molar refractivity (Wildman–Crippen MR) is 152 cm³/mol. The highest BCUT2D eigenvalue weighted by Crippen LogP contribution is 2.29. The number of hydrogen-bond acceptors (Lipinski definition) is 10. The summed E-state index contributed by atoms with van der Waals surface area (Å²) in [6, 6.07) is 10.3. The topological polar surface area (TPSA) is 174 Å². The van der Waals surface area contributed by atoms with Crippen molar-refractivity contribution in [1.82, 2.24) is 15.1 Å². The number of benzene rings is 2. The van der Waals surface area contributed by atoms with Gasteiger partial charge >= 0.3 is 12.2 Å². The fraction of sp³-hybridized carbons (Fsp3) is 0.370. The molecule has 15 heteroatoms. The molecule has 2 saturated heterocycles. The molecule has 2 aromatic rings. The SMILES string of the molecule is C=C(C(=O)N1CCC(NC(=O)OCc2ccc([N+](=O)[O-])cc2)C1)[C@@H]1C[C@H](S)CN1C(=O)OCc1ccc([N+](=O)[O-])cc1. The highest BCUT2D eigenvalue weighted by molar-refractivity contribution is 7.81. The standard InChI is InChI=1S/C27H29N5O9S/c1-17(24-12-23(42)14-30(24)27(35)41-16-19-4-8-22(9-5-19)32(38)39)25(33)29-11-10-20(13-29)28-26(34)40-15-18-2-6-21(7-3-18)31(36)37/h2-9,20,23-24,42H,1,10-16H2,(H,28,34)/t20?,23-,24-/m0/s1. The van der Waals surface area contributed by atoms with Gasteiger partial charge in [-0.1, -0.05) is 6.58 Å². The number of nitro groups is 2. The van der Waals surface area contributed by atoms with Gasteiger partial charge in [-0.15, -0.1) is 0 Å². The smallest absolute Gasteiger partial charge is 0.410 e. The second-order valence-electron chi connectivity index (χ2n) is 9.94. The predicted octanol–water partition coefficient (Wildman–Crippen LogP) is 3.60. The van der Waals surface area contributed by atoms with Crippen LogP contribution in [-0.2, 0) is 27.5 Å². The molecule has 3 amide bonds. The molecule has 0 radical (unpaired) electrons. The van der Waals surface area contributed by atoms with E-state index in [0.29, 0.717) is 30.5 Å². The molecule has 1 unspecified atom stereocenters. The lowest BCUT2D eigenvalue weighted by Gasteiger charge is -2.27. The highest BCUT2D eigenvalue weighted by Gasteiger charge is 2.40. The van der Waals surface area contributed by atoms with Crippen molar-refractivity contribution in [3.05, 3.63) is 92.0 Å². The molecule has 0 aliphatic carbocycles. The van der Waals surface area contributed by atoms with Gasteiger partial charge in [-0.2, -0.15) is 12.6 Å². The van der Waals surface area contributed by atoms with Crippen molar-refractivity contribution >= 4 is 42.1 Å². The maximum atomic E-state index is 13.3. The number of nitrogens with zero attached hydrogens (tertiary/aromatic N) is 4. The van der Waals surface area contributed by atoms with E-state index in [0.717, 1.165) is 0 Å². The summed E-state index contributed by atoms with van der Waals surface area (Å²) < 4.78 is 10.6. The van der Waals surface area contributed by atoms with Crippen molar-refractivity contribution in [3.63, 3.8) is 0 Å². The number of carbonyl (C=O) groups excluding carboxylic acids is 3. The molecule has 2 aliphatic heterocycles. The Morgan fingerprint density at radius 1 is 0.929 bits per heavy atom. The third-order valence-corrected chi connectivity index (χ3v) is 7.39. The van der Waals surface area contributed by atoms with Crippen LogP contribution in [0.5, 0.6) is 0 Å². The number of non-ortho nitro benzene ring substituents is 2. The fourth-order valence-electron chi connectivity index (χ4n) is 4.77. The molecular weight excluding hydrogens is 570 g/mol. The molecule has 222 valence electrons. The van der Waals surface area contributed by atoms with Crippen LogP contribution < -0.4 is 5.32 Å². The van der Waals surface area contributed by atoms with Crippen LogP contribution in [0.1, 0.15) is 24.0 Å². The summed E-state index contributed by atoms with van der Waals surface area (Å²) >= 11 is 4.49. The molecule has 2 fully saturated rings. The van der Waals surface area contributed by atoms with Crippen LogP contribution in [-0.4, -0.2) is 74.7 Å². The molecule has 2 heterocycles. The Balaban J connectivity index is 1.25. The molecule has 1 N–H and O–H groups in total. The minimum atomic E-state index is -0.679. The third-order valence-electron chi connectivity index (χ3n) is 7.01. The second-order valence-corrected chi connectivity index (χ2v) is 10.7. The second kappa shape index (κ2) is 13.3. The fourth-order valence-corrected chi connectivity index (χ4v) is 5.14. The molecule has 4 rings (SSSR count). The van der Waals surface area contributed by atoms with E-state index in [4.69, 9.17) is 9.47 Å². The van der Waals surface area contributed by atoms with Crippen LogP contribution >= 0.6 is 12.6 Å². The van der Waals surface area contributed by atoms with E-state index in [9.17, 15) is 34.6 Å². The van der Waals surface area contributed by atoms with E-state index in [1.165, 1.54) is 53.4 Å². The Hall–Kier alpha value is -4.66. The van der Waals surface area contributed by atoms with Gasteiger partial charge in [-0.05, 0) is 48.2 Å². The summed E-state index contributed by atoms with van der Waals surface area (Å²) in [6.07, 6.45) is -0.431. The Labute approximate surface area is 246 Å². The molecule has 3 atom stereocenters. The van der Waals surface area contributed by atoms with Crippen LogP contribution in [0, 0.1) is 20.2 Å². The van der Waals surface area contributed by atoms with E-state index >= 15 is 0 Å².